The third-order valence-corrected chi connectivity index (χ3v) is 7.70. The number of benzene rings is 2. The molecule has 2 aromatic carbocycles. The molecule has 1 saturated carbocycles. The summed E-state index contributed by atoms with van der Waals surface area (Å²) in [5.41, 5.74) is 0.277. The Morgan fingerprint density at radius 1 is 1.09 bits per heavy atom. The highest BCUT2D eigenvalue weighted by atomic mass is 16.5. The average molecular weight is 435 g/mol. The molecule has 1 heterocycles. The predicted molar refractivity (Wildman–Crippen MR) is 122 cm³/mol. The zero-order valence-corrected chi connectivity index (χ0v) is 19.1. The van der Waals surface area contributed by atoms with E-state index >= 15 is 0 Å². The van der Waals surface area contributed by atoms with Gasteiger partial charge in [-0.05, 0) is 36.0 Å². The molecule has 3 unspecified atom stereocenters. The number of hydrogen-bond acceptors (Lipinski definition) is 4. The molecular weight excluding hydrogens is 404 g/mol. The number of likely N-dealkylation sites (tertiary alicyclic amines) is 1. The average Bonchev–Trinajstić information content (AvgIpc) is 2.97. The van der Waals surface area contributed by atoms with Crippen LogP contribution in [0.15, 0.2) is 54.6 Å². The molecule has 3 amide bonds. The molecule has 0 radical (unpaired) electrons. The van der Waals surface area contributed by atoms with Crippen molar-refractivity contribution < 1.29 is 19.1 Å². The number of carbonyl (C=O) groups is 3. The lowest BCUT2D eigenvalue weighted by atomic mass is 9.62. The number of fused-ring (bicyclic) bond motifs is 2. The summed E-state index contributed by atoms with van der Waals surface area (Å²) < 4.78 is 5.36. The van der Waals surface area contributed by atoms with Gasteiger partial charge in [0.2, 0.25) is 17.7 Å². The number of carbonyl (C=O) groups excluding carboxylic acids is 3. The van der Waals surface area contributed by atoms with Gasteiger partial charge in [-0.25, -0.2) is 0 Å². The maximum absolute atomic E-state index is 13.7. The first-order chi connectivity index (χ1) is 15.2. The van der Waals surface area contributed by atoms with Crippen molar-refractivity contribution >= 4 is 23.4 Å². The van der Waals surface area contributed by atoms with E-state index in [1.807, 2.05) is 57.2 Å². The van der Waals surface area contributed by atoms with E-state index in [2.05, 4.69) is 5.32 Å². The maximum atomic E-state index is 13.7. The van der Waals surface area contributed by atoms with Crippen LogP contribution in [0.1, 0.15) is 39.2 Å². The van der Waals surface area contributed by atoms with E-state index in [0.29, 0.717) is 24.3 Å². The lowest BCUT2D eigenvalue weighted by Gasteiger charge is -2.49. The van der Waals surface area contributed by atoms with E-state index in [1.165, 1.54) is 12.0 Å². The molecule has 3 atom stereocenters. The summed E-state index contributed by atoms with van der Waals surface area (Å²) in [5, 5.41) is 2.89. The molecule has 0 aromatic heterocycles. The van der Waals surface area contributed by atoms with Crippen molar-refractivity contribution in [2.24, 2.45) is 16.7 Å². The van der Waals surface area contributed by atoms with E-state index in [1.54, 1.807) is 18.2 Å². The first kappa shape index (κ1) is 22.1. The Morgan fingerprint density at radius 2 is 1.75 bits per heavy atom. The van der Waals surface area contributed by atoms with Crippen LogP contribution in [0.25, 0.3) is 0 Å². The summed E-state index contributed by atoms with van der Waals surface area (Å²) >= 11 is 0. The highest BCUT2D eigenvalue weighted by Crippen LogP contribution is 2.60. The summed E-state index contributed by atoms with van der Waals surface area (Å²) in [5.74, 6) is -0.655. The van der Waals surface area contributed by atoms with Gasteiger partial charge in [0.25, 0.3) is 0 Å². The van der Waals surface area contributed by atoms with E-state index in [4.69, 9.17) is 4.74 Å². The van der Waals surface area contributed by atoms with Crippen molar-refractivity contribution in [1.29, 1.82) is 0 Å². The zero-order chi connectivity index (χ0) is 23.1. The van der Waals surface area contributed by atoms with E-state index in [-0.39, 0.29) is 24.2 Å². The number of nitrogens with one attached hydrogen (secondary N) is 1. The van der Waals surface area contributed by atoms with Crippen molar-refractivity contribution in [3.8, 4) is 5.75 Å². The number of para-hydroxylation sites is 2. The number of hydrogen-bond donors (Lipinski definition) is 1. The summed E-state index contributed by atoms with van der Waals surface area (Å²) in [7, 11) is 1.53. The molecule has 0 spiro atoms. The number of nitrogens with zero attached hydrogens (tertiary/aromatic N) is 1. The van der Waals surface area contributed by atoms with Crippen LogP contribution in [-0.4, -0.2) is 35.8 Å². The fraction of sp³-hybridized carbons (Fsp3) is 0.423. The topological polar surface area (TPSA) is 75.7 Å². The highest BCUT2D eigenvalue weighted by Gasteiger charge is 2.65. The third kappa shape index (κ3) is 3.38. The number of piperidine rings is 1. The van der Waals surface area contributed by atoms with Crippen molar-refractivity contribution in [3.63, 3.8) is 0 Å². The fourth-order valence-corrected chi connectivity index (χ4v) is 5.25. The Labute approximate surface area is 188 Å². The normalized spacial score (nSPS) is 24.9. The van der Waals surface area contributed by atoms with Gasteiger partial charge in [0.1, 0.15) is 11.8 Å². The van der Waals surface area contributed by atoms with Crippen molar-refractivity contribution in [1.82, 2.24) is 4.90 Å². The Bertz CT molecular complexity index is 1050. The van der Waals surface area contributed by atoms with Crippen molar-refractivity contribution in [2.45, 2.75) is 46.1 Å². The van der Waals surface area contributed by atoms with Gasteiger partial charge in [0.15, 0.2) is 0 Å². The molecule has 6 nitrogen and oxygen atoms in total. The van der Waals surface area contributed by atoms with Gasteiger partial charge in [-0.3, -0.25) is 19.3 Å². The predicted octanol–water partition coefficient (Wildman–Crippen LogP) is 4.06. The summed E-state index contributed by atoms with van der Waals surface area (Å²) in [6.45, 7) is 5.93. The summed E-state index contributed by atoms with van der Waals surface area (Å²) in [4.78, 5) is 42.1. The van der Waals surface area contributed by atoms with E-state index in [9.17, 15) is 14.4 Å². The largest absolute Gasteiger partial charge is 0.495 e. The zero-order valence-electron chi connectivity index (χ0n) is 19.1. The Kier molecular flexibility index (Phi) is 5.57. The fourth-order valence-electron chi connectivity index (χ4n) is 5.25. The second kappa shape index (κ2) is 8.08. The minimum Gasteiger partial charge on any atom is -0.495 e. The quantitative estimate of drug-likeness (QED) is 0.696. The molecule has 2 fully saturated rings. The Morgan fingerprint density at radius 3 is 2.44 bits per heavy atom. The van der Waals surface area contributed by atoms with E-state index in [0.717, 1.165) is 5.56 Å². The molecular formula is C26H30N2O4. The molecule has 2 aromatic rings. The molecule has 6 heteroatoms. The van der Waals surface area contributed by atoms with Crippen molar-refractivity contribution in [3.05, 3.63) is 60.2 Å². The van der Waals surface area contributed by atoms with Crippen LogP contribution in [0.5, 0.6) is 5.75 Å². The SMILES string of the molecule is COc1ccccc1NC(=O)C(Cc1ccccc1)N1C(=O)C2CCC(C)(C1=O)C2(C)C. The molecule has 1 N–H and O–H groups in total. The minimum atomic E-state index is -0.946. The third-order valence-electron chi connectivity index (χ3n) is 7.70. The highest BCUT2D eigenvalue weighted by molar-refractivity contribution is 6.09. The van der Waals surface area contributed by atoms with Crippen LogP contribution < -0.4 is 10.1 Å². The number of imide groups is 1. The monoisotopic (exact) mass is 434 g/mol. The molecule has 168 valence electrons. The number of anilines is 1. The Hall–Kier alpha value is -3.15. The Balaban J connectivity index is 1.72. The molecule has 2 aliphatic rings. The smallest absolute Gasteiger partial charge is 0.248 e. The molecule has 1 saturated heterocycles. The number of methoxy groups -OCH3 is 1. The minimum absolute atomic E-state index is 0.244. The van der Waals surface area contributed by atoms with Crippen LogP contribution in [-0.2, 0) is 20.8 Å². The van der Waals surface area contributed by atoms with Crippen LogP contribution >= 0.6 is 0 Å². The first-order valence-corrected chi connectivity index (χ1v) is 11.1. The molecule has 32 heavy (non-hydrogen) atoms. The van der Waals surface area contributed by atoms with Gasteiger partial charge in [0.05, 0.1) is 18.2 Å². The molecule has 1 aliphatic heterocycles. The van der Waals surface area contributed by atoms with Crippen molar-refractivity contribution in [2.75, 3.05) is 12.4 Å². The summed E-state index contributed by atoms with van der Waals surface area (Å²) in [6.07, 6.45) is 1.57. The van der Waals surface area contributed by atoms with Gasteiger partial charge < -0.3 is 10.1 Å². The lowest BCUT2D eigenvalue weighted by Crippen LogP contribution is -2.64. The van der Waals surface area contributed by atoms with Crippen LogP contribution in [0.4, 0.5) is 5.69 Å². The molecule has 2 bridgehead atoms. The first-order valence-electron chi connectivity index (χ1n) is 11.1. The summed E-state index contributed by atoms with van der Waals surface area (Å²) in [6, 6.07) is 15.6. The molecule has 4 rings (SSSR count). The van der Waals surface area contributed by atoms with E-state index < -0.39 is 22.8 Å². The number of ether oxygens (including phenoxy) is 1. The number of rotatable bonds is 6. The second-order valence-corrected chi connectivity index (χ2v) is 9.55. The van der Waals surface area contributed by atoms with Gasteiger partial charge in [-0.1, -0.05) is 63.2 Å². The lowest BCUT2D eigenvalue weighted by molar-refractivity contribution is -0.172. The van der Waals surface area contributed by atoms with Gasteiger partial charge in [0, 0.05) is 12.3 Å². The van der Waals surface area contributed by atoms with Crippen LogP contribution in [0.3, 0.4) is 0 Å². The maximum Gasteiger partial charge on any atom is 0.248 e. The molecule has 1 aliphatic carbocycles. The van der Waals surface area contributed by atoms with Crippen LogP contribution in [0, 0.1) is 16.7 Å². The van der Waals surface area contributed by atoms with Crippen LogP contribution in [0.2, 0.25) is 0 Å². The van der Waals surface area contributed by atoms with Gasteiger partial charge in [-0.15, -0.1) is 0 Å². The standard InChI is InChI=1S/C26H30N2O4/c1-25(2)18-14-15-26(25,3)24(31)28(23(18)30)20(16-17-10-6-5-7-11-17)22(29)27-19-12-8-9-13-21(19)32-4/h5-13,18,20H,14-16H2,1-4H3,(H,27,29). The second-order valence-electron chi connectivity index (χ2n) is 9.55. The number of amides is 3. The van der Waals surface area contributed by atoms with Gasteiger partial charge >= 0.3 is 0 Å². The van der Waals surface area contributed by atoms with Gasteiger partial charge in [-0.2, -0.15) is 0 Å².